The Bertz CT molecular complexity index is 347. The number of nitrogens with one attached hydrogen (secondary N) is 1. The first kappa shape index (κ1) is 18.6. The van der Waals surface area contributed by atoms with E-state index in [4.69, 9.17) is 0 Å². The fourth-order valence-electron chi connectivity index (χ4n) is 3.89. The lowest BCUT2D eigenvalue weighted by Crippen LogP contribution is -2.41. The summed E-state index contributed by atoms with van der Waals surface area (Å²) in [4.78, 5) is 9.65. The highest BCUT2D eigenvalue weighted by molar-refractivity contribution is 5.80. The van der Waals surface area contributed by atoms with E-state index >= 15 is 0 Å². The van der Waals surface area contributed by atoms with E-state index in [2.05, 4.69) is 34.0 Å². The molecular formula is C19H38N4. The molecule has 0 spiro atoms. The monoisotopic (exact) mass is 322 g/mol. The molecule has 2 fully saturated rings. The minimum atomic E-state index is 0.823. The third kappa shape index (κ3) is 6.70. The third-order valence-electron chi connectivity index (χ3n) is 5.25. The molecule has 0 saturated carbocycles. The van der Waals surface area contributed by atoms with E-state index in [1.165, 1.54) is 77.7 Å². The number of guanidine groups is 1. The van der Waals surface area contributed by atoms with Crippen LogP contribution in [-0.2, 0) is 0 Å². The summed E-state index contributed by atoms with van der Waals surface area (Å²) in [6, 6.07) is 0. The standard InChI is InChI=1S/C19H38N4/c1-17(2)9-5-6-11-21-19(20-3)23-14-10-18(16-23)15-22-12-7-4-8-13-22/h17-18H,4-16H2,1-3H3,(H,20,21). The minimum absolute atomic E-state index is 0.823. The van der Waals surface area contributed by atoms with E-state index in [9.17, 15) is 0 Å². The highest BCUT2D eigenvalue weighted by Gasteiger charge is 2.26. The summed E-state index contributed by atoms with van der Waals surface area (Å²) in [6.45, 7) is 12.0. The molecule has 1 unspecified atom stereocenters. The quantitative estimate of drug-likeness (QED) is 0.444. The zero-order valence-corrected chi connectivity index (χ0v) is 15.7. The first-order valence-corrected chi connectivity index (χ1v) is 9.87. The molecule has 0 bridgehead atoms. The lowest BCUT2D eigenvalue weighted by Gasteiger charge is -2.29. The molecule has 1 N–H and O–H groups in total. The van der Waals surface area contributed by atoms with Crippen LogP contribution in [-0.4, -0.2) is 62.1 Å². The molecule has 0 amide bonds. The summed E-state index contributed by atoms with van der Waals surface area (Å²) >= 11 is 0. The van der Waals surface area contributed by atoms with Crippen LogP contribution < -0.4 is 5.32 Å². The van der Waals surface area contributed by atoms with Crippen molar-refractivity contribution in [3.8, 4) is 0 Å². The Morgan fingerprint density at radius 1 is 1.13 bits per heavy atom. The summed E-state index contributed by atoms with van der Waals surface area (Å²) in [7, 11) is 1.93. The molecule has 0 aromatic carbocycles. The van der Waals surface area contributed by atoms with Crippen LogP contribution in [0.2, 0.25) is 0 Å². The van der Waals surface area contributed by atoms with Crippen molar-refractivity contribution in [1.82, 2.24) is 15.1 Å². The first-order chi connectivity index (χ1) is 11.2. The van der Waals surface area contributed by atoms with Crippen LogP contribution in [0.5, 0.6) is 0 Å². The molecule has 0 radical (unpaired) electrons. The van der Waals surface area contributed by atoms with Gasteiger partial charge in [0.1, 0.15) is 0 Å². The molecule has 23 heavy (non-hydrogen) atoms. The van der Waals surface area contributed by atoms with Gasteiger partial charge in [-0.3, -0.25) is 4.99 Å². The Kier molecular flexibility index (Phi) is 8.21. The van der Waals surface area contributed by atoms with Crippen molar-refractivity contribution in [2.24, 2.45) is 16.8 Å². The van der Waals surface area contributed by atoms with Crippen molar-refractivity contribution in [3.05, 3.63) is 0 Å². The Morgan fingerprint density at radius 3 is 2.61 bits per heavy atom. The van der Waals surface area contributed by atoms with Gasteiger partial charge in [0, 0.05) is 33.2 Å². The molecule has 1 atom stereocenters. The van der Waals surface area contributed by atoms with Gasteiger partial charge in [0.05, 0.1) is 0 Å². The van der Waals surface area contributed by atoms with Gasteiger partial charge >= 0.3 is 0 Å². The predicted octanol–water partition coefficient (Wildman–Crippen LogP) is 3.20. The second kappa shape index (κ2) is 10.2. The zero-order chi connectivity index (χ0) is 16.5. The van der Waals surface area contributed by atoms with Crippen LogP contribution >= 0.6 is 0 Å². The summed E-state index contributed by atoms with van der Waals surface area (Å²) in [6.07, 6.45) is 9.46. The van der Waals surface area contributed by atoms with Crippen LogP contribution in [0.3, 0.4) is 0 Å². The first-order valence-electron chi connectivity index (χ1n) is 9.87. The molecule has 0 aliphatic carbocycles. The normalized spacial score (nSPS) is 23.7. The lowest BCUT2D eigenvalue weighted by atomic mass is 10.1. The molecule has 4 nitrogen and oxygen atoms in total. The van der Waals surface area contributed by atoms with E-state index < -0.39 is 0 Å². The van der Waals surface area contributed by atoms with Crippen LogP contribution in [0, 0.1) is 11.8 Å². The Hall–Kier alpha value is -0.770. The predicted molar refractivity (Wildman–Crippen MR) is 100 cm³/mol. The summed E-state index contributed by atoms with van der Waals surface area (Å²) in [5, 5.41) is 3.57. The molecule has 2 aliphatic rings. The molecule has 134 valence electrons. The van der Waals surface area contributed by atoms with E-state index in [0.717, 1.165) is 24.3 Å². The van der Waals surface area contributed by atoms with Gasteiger partial charge in [-0.2, -0.15) is 0 Å². The van der Waals surface area contributed by atoms with Crippen molar-refractivity contribution in [1.29, 1.82) is 0 Å². The molecular weight excluding hydrogens is 284 g/mol. The maximum Gasteiger partial charge on any atom is 0.193 e. The van der Waals surface area contributed by atoms with Gasteiger partial charge in [-0.1, -0.05) is 33.1 Å². The maximum absolute atomic E-state index is 4.50. The molecule has 2 aliphatic heterocycles. The van der Waals surface area contributed by atoms with Crippen molar-refractivity contribution in [2.75, 3.05) is 46.3 Å². The van der Waals surface area contributed by atoms with Gasteiger partial charge in [-0.15, -0.1) is 0 Å². The zero-order valence-electron chi connectivity index (χ0n) is 15.7. The topological polar surface area (TPSA) is 30.9 Å². The van der Waals surface area contributed by atoms with Crippen LogP contribution in [0.15, 0.2) is 4.99 Å². The Labute approximate surface area is 143 Å². The van der Waals surface area contributed by atoms with Gasteiger partial charge < -0.3 is 15.1 Å². The minimum Gasteiger partial charge on any atom is -0.356 e. The van der Waals surface area contributed by atoms with E-state index in [1.807, 2.05) is 7.05 Å². The number of nitrogens with zero attached hydrogens (tertiary/aromatic N) is 3. The summed E-state index contributed by atoms with van der Waals surface area (Å²) in [5.41, 5.74) is 0. The van der Waals surface area contributed by atoms with E-state index in [0.29, 0.717) is 0 Å². The SMILES string of the molecule is CN=C(NCCCCC(C)C)N1CCC(CN2CCCCC2)C1. The van der Waals surface area contributed by atoms with Gasteiger partial charge in [-0.25, -0.2) is 0 Å². The molecule has 2 rings (SSSR count). The number of hydrogen-bond donors (Lipinski definition) is 1. The van der Waals surface area contributed by atoms with Crippen molar-refractivity contribution >= 4 is 5.96 Å². The van der Waals surface area contributed by atoms with Crippen molar-refractivity contribution in [2.45, 2.75) is 58.8 Å². The van der Waals surface area contributed by atoms with Gasteiger partial charge in [0.15, 0.2) is 5.96 Å². The molecule has 4 heteroatoms. The number of likely N-dealkylation sites (tertiary alicyclic amines) is 2. The highest BCUT2D eigenvalue weighted by atomic mass is 15.3. The fraction of sp³-hybridized carbons (Fsp3) is 0.947. The van der Waals surface area contributed by atoms with Crippen molar-refractivity contribution < 1.29 is 0 Å². The second-order valence-corrected chi connectivity index (χ2v) is 7.83. The fourth-order valence-corrected chi connectivity index (χ4v) is 3.89. The van der Waals surface area contributed by atoms with Crippen LogP contribution in [0.25, 0.3) is 0 Å². The number of unbranched alkanes of at least 4 members (excludes halogenated alkanes) is 1. The van der Waals surface area contributed by atoms with Gasteiger partial charge in [0.25, 0.3) is 0 Å². The van der Waals surface area contributed by atoms with Gasteiger partial charge in [-0.05, 0) is 50.6 Å². The number of aliphatic imine (C=N–C) groups is 1. The third-order valence-corrected chi connectivity index (χ3v) is 5.25. The van der Waals surface area contributed by atoms with Crippen LogP contribution in [0.1, 0.15) is 58.8 Å². The van der Waals surface area contributed by atoms with E-state index in [-0.39, 0.29) is 0 Å². The number of piperidine rings is 1. The van der Waals surface area contributed by atoms with Gasteiger partial charge in [0.2, 0.25) is 0 Å². The highest BCUT2D eigenvalue weighted by Crippen LogP contribution is 2.19. The molecule has 2 saturated heterocycles. The molecule has 0 aromatic heterocycles. The number of rotatable bonds is 7. The average Bonchev–Trinajstić information content (AvgIpc) is 3.00. The van der Waals surface area contributed by atoms with Crippen molar-refractivity contribution in [3.63, 3.8) is 0 Å². The molecule has 0 aromatic rings. The van der Waals surface area contributed by atoms with Crippen LogP contribution in [0.4, 0.5) is 0 Å². The average molecular weight is 323 g/mol. The lowest BCUT2D eigenvalue weighted by molar-refractivity contribution is 0.198. The largest absolute Gasteiger partial charge is 0.356 e. The molecule has 2 heterocycles. The summed E-state index contributed by atoms with van der Waals surface area (Å²) < 4.78 is 0. The number of hydrogen-bond acceptors (Lipinski definition) is 2. The Morgan fingerprint density at radius 2 is 1.91 bits per heavy atom. The summed E-state index contributed by atoms with van der Waals surface area (Å²) in [5.74, 6) is 2.77. The Balaban J connectivity index is 1.64. The smallest absolute Gasteiger partial charge is 0.193 e. The second-order valence-electron chi connectivity index (χ2n) is 7.83. The van der Waals surface area contributed by atoms with E-state index in [1.54, 1.807) is 0 Å². The maximum atomic E-state index is 4.50.